The van der Waals surface area contributed by atoms with Gasteiger partial charge in [0.05, 0.1) is 23.4 Å². The molecule has 2 aromatic rings. The van der Waals surface area contributed by atoms with Gasteiger partial charge in [-0.3, -0.25) is 9.59 Å². The van der Waals surface area contributed by atoms with E-state index < -0.39 is 29.5 Å². The van der Waals surface area contributed by atoms with Gasteiger partial charge in [0.25, 0.3) is 0 Å². The van der Waals surface area contributed by atoms with Crippen LogP contribution >= 0.6 is 0 Å². The predicted octanol–water partition coefficient (Wildman–Crippen LogP) is 4.16. The fraction of sp³-hybridized carbons (Fsp3) is 0.300. The summed E-state index contributed by atoms with van der Waals surface area (Å²) in [6.07, 6.45) is -4.09. The second-order valence-corrected chi connectivity index (χ2v) is 6.66. The molecule has 142 valence electrons. The van der Waals surface area contributed by atoms with E-state index >= 15 is 0 Å². The Bertz CT molecular complexity index is 837. The van der Waals surface area contributed by atoms with E-state index in [4.69, 9.17) is 0 Å². The van der Waals surface area contributed by atoms with Crippen LogP contribution in [0.4, 0.5) is 18.9 Å². The lowest BCUT2D eigenvalue weighted by Crippen LogP contribution is -2.29. The van der Waals surface area contributed by atoms with Crippen molar-refractivity contribution in [1.29, 1.82) is 0 Å². The maximum atomic E-state index is 12.7. The molecule has 0 saturated heterocycles. The topological polar surface area (TPSA) is 58.2 Å². The van der Waals surface area contributed by atoms with E-state index in [-0.39, 0.29) is 17.6 Å². The number of alkyl halides is 3. The molecule has 3 rings (SSSR count). The van der Waals surface area contributed by atoms with Gasteiger partial charge in [-0.2, -0.15) is 13.2 Å². The first-order valence-corrected chi connectivity index (χ1v) is 8.59. The molecule has 2 aromatic carbocycles. The minimum Gasteiger partial charge on any atom is -0.349 e. The molecule has 0 bridgehead atoms. The molecule has 7 heteroatoms. The van der Waals surface area contributed by atoms with Crippen LogP contribution < -0.4 is 10.6 Å². The number of carbonyl (C=O) groups excluding carboxylic acids is 2. The maximum Gasteiger partial charge on any atom is 0.416 e. The molecule has 2 N–H and O–H groups in total. The highest BCUT2D eigenvalue weighted by atomic mass is 19.4. The number of hydrogen-bond donors (Lipinski definition) is 2. The van der Waals surface area contributed by atoms with E-state index in [1.165, 1.54) is 12.1 Å². The Morgan fingerprint density at radius 2 is 1.67 bits per heavy atom. The highest BCUT2D eigenvalue weighted by Crippen LogP contribution is 2.40. The molecule has 1 aliphatic carbocycles. The van der Waals surface area contributed by atoms with Crippen molar-refractivity contribution >= 4 is 17.5 Å². The van der Waals surface area contributed by atoms with Crippen molar-refractivity contribution in [3.8, 4) is 0 Å². The number of benzene rings is 2. The van der Waals surface area contributed by atoms with E-state index in [9.17, 15) is 22.8 Å². The third-order valence-electron chi connectivity index (χ3n) is 4.58. The third-order valence-corrected chi connectivity index (χ3v) is 4.58. The summed E-state index contributed by atoms with van der Waals surface area (Å²) in [5, 5.41) is 5.34. The van der Waals surface area contributed by atoms with Gasteiger partial charge < -0.3 is 10.6 Å². The van der Waals surface area contributed by atoms with Gasteiger partial charge in [0.2, 0.25) is 11.8 Å². The SMILES string of the molecule is CC(NC(=O)C1CC1C(=O)Nc1cccc(C(F)(F)F)c1)c1ccccc1. The highest BCUT2D eigenvalue weighted by Gasteiger charge is 2.48. The third kappa shape index (κ3) is 4.67. The predicted molar refractivity (Wildman–Crippen MR) is 94.7 cm³/mol. The monoisotopic (exact) mass is 376 g/mol. The lowest BCUT2D eigenvalue weighted by atomic mass is 10.1. The number of amides is 2. The van der Waals surface area contributed by atoms with Crippen molar-refractivity contribution in [1.82, 2.24) is 5.32 Å². The van der Waals surface area contributed by atoms with E-state index in [1.807, 2.05) is 37.3 Å². The fourth-order valence-electron chi connectivity index (χ4n) is 2.93. The molecule has 1 aliphatic rings. The molecule has 3 atom stereocenters. The summed E-state index contributed by atoms with van der Waals surface area (Å²) in [5.41, 5.74) is 0.192. The van der Waals surface area contributed by atoms with Crippen molar-refractivity contribution in [2.24, 2.45) is 11.8 Å². The Morgan fingerprint density at radius 1 is 1.00 bits per heavy atom. The van der Waals surface area contributed by atoms with Gasteiger partial charge in [-0.25, -0.2) is 0 Å². The minimum atomic E-state index is -4.48. The standard InChI is InChI=1S/C20H19F3N2O2/c1-12(13-6-3-2-4-7-13)24-18(26)16-11-17(16)19(27)25-15-9-5-8-14(10-15)20(21,22)23/h2-10,12,16-17H,11H2,1H3,(H,24,26)(H,25,27). The number of anilines is 1. The van der Waals surface area contributed by atoms with Crippen molar-refractivity contribution in [3.63, 3.8) is 0 Å². The number of halogens is 3. The number of hydrogen-bond acceptors (Lipinski definition) is 2. The molecule has 4 nitrogen and oxygen atoms in total. The summed E-state index contributed by atoms with van der Waals surface area (Å²) in [6, 6.07) is 13.7. The van der Waals surface area contributed by atoms with Crippen LogP contribution in [0.3, 0.4) is 0 Å². The van der Waals surface area contributed by atoms with E-state index in [2.05, 4.69) is 10.6 Å². The van der Waals surface area contributed by atoms with Crippen molar-refractivity contribution in [3.05, 3.63) is 65.7 Å². The Balaban J connectivity index is 1.55. The van der Waals surface area contributed by atoms with Crippen molar-refractivity contribution in [2.45, 2.75) is 25.6 Å². The van der Waals surface area contributed by atoms with Gasteiger partial charge in [0.1, 0.15) is 0 Å². The van der Waals surface area contributed by atoms with Gasteiger partial charge >= 0.3 is 6.18 Å². The van der Waals surface area contributed by atoms with Gasteiger partial charge in [-0.1, -0.05) is 36.4 Å². The zero-order chi connectivity index (χ0) is 19.6. The van der Waals surface area contributed by atoms with Gasteiger partial charge in [0, 0.05) is 5.69 Å². The Hall–Kier alpha value is -2.83. The zero-order valence-electron chi connectivity index (χ0n) is 14.6. The van der Waals surface area contributed by atoms with Crippen LogP contribution in [0, 0.1) is 11.8 Å². The first kappa shape index (κ1) is 18.9. The van der Waals surface area contributed by atoms with Gasteiger partial charge in [-0.05, 0) is 37.1 Å². The molecule has 2 amide bonds. The molecule has 0 radical (unpaired) electrons. The highest BCUT2D eigenvalue weighted by molar-refractivity contribution is 5.99. The average Bonchev–Trinajstić information content (AvgIpc) is 3.43. The van der Waals surface area contributed by atoms with Crippen LogP contribution in [-0.2, 0) is 15.8 Å². The summed E-state index contributed by atoms with van der Waals surface area (Å²) in [5.74, 6) is -1.65. The zero-order valence-corrected chi connectivity index (χ0v) is 14.6. The molecule has 0 spiro atoms. The Morgan fingerprint density at radius 3 is 2.33 bits per heavy atom. The second kappa shape index (κ2) is 7.42. The molecule has 3 unspecified atom stereocenters. The van der Waals surface area contributed by atoms with E-state index in [0.29, 0.717) is 6.42 Å². The smallest absolute Gasteiger partial charge is 0.349 e. The molecule has 0 aliphatic heterocycles. The normalized spacial score (nSPS) is 19.9. The molecular weight excluding hydrogens is 357 g/mol. The Labute approximate surface area is 154 Å². The minimum absolute atomic E-state index is 0.0681. The van der Waals surface area contributed by atoms with Gasteiger partial charge in [-0.15, -0.1) is 0 Å². The molecule has 27 heavy (non-hydrogen) atoms. The number of nitrogens with one attached hydrogen (secondary N) is 2. The quantitative estimate of drug-likeness (QED) is 0.823. The largest absolute Gasteiger partial charge is 0.416 e. The summed E-state index contributed by atoms with van der Waals surface area (Å²) >= 11 is 0. The molecule has 0 aromatic heterocycles. The summed E-state index contributed by atoms with van der Waals surface area (Å²) in [4.78, 5) is 24.5. The lowest BCUT2D eigenvalue weighted by Gasteiger charge is -2.14. The second-order valence-electron chi connectivity index (χ2n) is 6.66. The van der Waals surface area contributed by atoms with E-state index in [1.54, 1.807) is 0 Å². The fourth-order valence-corrected chi connectivity index (χ4v) is 2.93. The summed E-state index contributed by atoms with van der Waals surface area (Å²) in [6.45, 7) is 1.85. The van der Waals surface area contributed by atoms with Crippen molar-refractivity contribution < 1.29 is 22.8 Å². The van der Waals surface area contributed by atoms with Crippen LogP contribution in [0.2, 0.25) is 0 Å². The first-order valence-electron chi connectivity index (χ1n) is 8.59. The van der Waals surface area contributed by atoms with Crippen LogP contribution in [0.25, 0.3) is 0 Å². The average molecular weight is 376 g/mol. The van der Waals surface area contributed by atoms with Crippen LogP contribution in [0.5, 0.6) is 0 Å². The Kier molecular flexibility index (Phi) is 5.21. The van der Waals surface area contributed by atoms with Crippen molar-refractivity contribution in [2.75, 3.05) is 5.32 Å². The molecular formula is C20H19F3N2O2. The summed E-state index contributed by atoms with van der Waals surface area (Å²) < 4.78 is 38.2. The van der Waals surface area contributed by atoms with Crippen LogP contribution in [-0.4, -0.2) is 11.8 Å². The van der Waals surface area contributed by atoms with Gasteiger partial charge in [0.15, 0.2) is 0 Å². The van der Waals surface area contributed by atoms with Crippen LogP contribution in [0.15, 0.2) is 54.6 Å². The molecule has 1 fully saturated rings. The number of carbonyl (C=O) groups is 2. The van der Waals surface area contributed by atoms with E-state index in [0.717, 1.165) is 17.7 Å². The summed E-state index contributed by atoms with van der Waals surface area (Å²) in [7, 11) is 0. The number of rotatable bonds is 5. The maximum absolute atomic E-state index is 12.7. The molecule has 1 saturated carbocycles. The first-order chi connectivity index (χ1) is 12.8. The van der Waals surface area contributed by atoms with Crippen LogP contribution in [0.1, 0.15) is 30.5 Å². The molecule has 0 heterocycles. The lowest BCUT2D eigenvalue weighted by molar-refractivity contribution is -0.137.